The van der Waals surface area contributed by atoms with Gasteiger partial charge >= 0.3 is 0 Å². The summed E-state index contributed by atoms with van der Waals surface area (Å²) in [5.74, 6) is 1.77. The summed E-state index contributed by atoms with van der Waals surface area (Å²) in [5.41, 5.74) is 11.3. The highest BCUT2D eigenvalue weighted by molar-refractivity contribution is 7.03. The molecule has 3 nitrogen and oxygen atoms in total. The lowest BCUT2D eigenvalue weighted by atomic mass is 9.82. The molecule has 0 atom stereocenters. The van der Waals surface area contributed by atoms with Gasteiger partial charge in [0, 0.05) is 32.6 Å². The molecule has 5 aromatic carbocycles. The first kappa shape index (κ1) is 24.8. The highest BCUT2D eigenvalue weighted by Crippen LogP contribution is 2.51. The van der Waals surface area contributed by atoms with Gasteiger partial charge in [0.05, 0.1) is 11.0 Å². The Bertz CT molecular complexity index is 2290. The van der Waals surface area contributed by atoms with Gasteiger partial charge in [-0.15, -0.1) is 0 Å². The standard InChI is InChI=1S/C39H31N3Si/c1-39(2)30-19-11-8-16-25(30)28-23-33-29(22-31(28)39)26-17-9-12-20-32(26)42(33)37-35-27-18-10-13-21-34(27)43(3,4)38(35)41-36(40-37)24-14-6-5-7-15-24/h5-23H,1-4H3. The van der Waals surface area contributed by atoms with E-state index in [1.807, 2.05) is 0 Å². The molecule has 3 heterocycles. The Hall–Kier alpha value is -4.80. The zero-order valence-electron chi connectivity index (χ0n) is 24.8. The molecule has 1 aliphatic heterocycles. The van der Waals surface area contributed by atoms with Crippen LogP contribution in [-0.2, 0) is 5.41 Å². The number of benzene rings is 5. The third-order valence-corrected chi connectivity index (χ3v) is 13.3. The van der Waals surface area contributed by atoms with E-state index in [-0.39, 0.29) is 5.41 Å². The van der Waals surface area contributed by atoms with Crippen molar-refractivity contribution < 1.29 is 0 Å². The van der Waals surface area contributed by atoms with Gasteiger partial charge in [0.25, 0.3) is 0 Å². The van der Waals surface area contributed by atoms with Crippen LogP contribution in [0.15, 0.2) is 115 Å². The quantitative estimate of drug-likeness (QED) is 0.196. The average molecular weight is 570 g/mol. The Kier molecular flexibility index (Phi) is 4.83. The maximum Gasteiger partial charge on any atom is 0.161 e. The molecule has 7 aromatic rings. The second kappa shape index (κ2) is 8.39. The Morgan fingerprint density at radius 2 is 1.30 bits per heavy atom. The van der Waals surface area contributed by atoms with E-state index in [1.165, 1.54) is 65.7 Å². The summed E-state index contributed by atoms with van der Waals surface area (Å²) in [6.07, 6.45) is 0. The van der Waals surface area contributed by atoms with Gasteiger partial charge in [-0.2, -0.15) is 0 Å². The normalized spacial score (nSPS) is 15.3. The summed E-state index contributed by atoms with van der Waals surface area (Å²) in [6, 6.07) is 42.0. The van der Waals surface area contributed by atoms with Crippen molar-refractivity contribution >= 4 is 40.4 Å². The SMILES string of the molecule is CC1(C)c2ccccc2-c2cc3c(cc21)c1ccccc1n3-c1nc(-c2ccccc2)nc2c1-c1ccccc1[Si]2(C)C. The second-order valence-electron chi connectivity index (χ2n) is 13.1. The lowest BCUT2D eigenvalue weighted by Crippen LogP contribution is -2.51. The second-order valence-corrected chi connectivity index (χ2v) is 17.3. The maximum atomic E-state index is 5.46. The lowest BCUT2D eigenvalue weighted by molar-refractivity contribution is 0.661. The van der Waals surface area contributed by atoms with Crippen molar-refractivity contribution in [2.45, 2.75) is 32.4 Å². The summed E-state index contributed by atoms with van der Waals surface area (Å²) >= 11 is 0. The molecule has 0 fully saturated rings. The van der Waals surface area contributed by atoms with Crippen LogP contribution in [0.2, 0.25) is 13.1 Å². The zero-order valence-corrected chi connectivity index (χ0v) is 25.8. The van der Waals surface area contributed by atoms with Gasteiger partial charge in [-0.05, 0) is 51.2 Å². The van der Waals surface area contributed by atoms with Crippen LogP contribution in [0.1, 0.15) is 25.0 Å². The van der Waals surface area contributed by atoms with E-state index >= 15 is 0 Å². The lowest BCUT2D eigenvalue weighted by Gasteiger charge is -2.21. The minimum Gasteiger partial charge on any atom is -0.293 e. The van der Waals surface area contributed by atoms with Gasteiger partial charge < -0.3 is 0 Å². The van der Waals surface area contributed by atoms with Gasteiger partial charge in [0.2, 0.25) is 0 Å². The third kappa shape index (κ3) is 3.19. The summed E-state index contributed by atoms with van der Waals surface area (Å²) < 4.78 is 2.43. The fraction of sp³-hybridized carbons (Fsp3) is 0.128. The highest BCUT2D eigenvalue weighted by Gasteiger charge is 2.42. The van der Waals surface area contributed by atoms with Crippen molar-refractivity contribution in [2.75, 3.05) is 0 Å². The molecule has 0 amide bonds. The molecular formula is C39H31N3Si. The molecule has 0 spiro atoms. The minimum atomic E-state index is -2.07. The molecule has 43 heavy (non-hydrogen) atoms. The smallest absolute Gasteiger partial charge is 0.161 e. The van der Waals surface area contributed by atoms with Gasteiger partial charge in [0.15, 0.2) is 5.82 Å². The van der Waals surface area contributed by atoms with Crippen LogP contribution < -0.4 is 10.5 Å². The summed E-state index contributed by atoms with van der Waals surface area (Å²) in [4.78, 5) is 10.8. The van der Waals surface area contributed by atoms with Crippen LogP contribution in [0, 0.1) is 0 Å². The van der Waals surface area contributed by atoms with Gasteiger partial charge in [-0.25, -0.2) is 9.97 Å². The number of hydrogen-bond donors (Lipinski definition) is 0. The molecule has 2 aromatic heterocycles. The van der Waals surface area contributed by atoms with Crippen molar-refractivity contribution in [1.29, 1.82) is 0 Å². The number of aromatic nitrogens is 3. The average Bonchev–Trinajstić information content (AvgIpc) is 3.57. The van der Waals surface area contributed by atoms with Gasteiger partial charge in [0.1, 0.15) is 13.9 Å². The summed E-state index contributed by atoms with van der Waals surface area (Å²) in [5, 5.41) is 5.18. The topological polar surface area (TPSA) is 30.7 Å². The van der Waals surface area contributed by atoms with Crippen LogP contribution in [-0.4, -0.2) is 22.6 Å². The molecule has 0 N–H and O–H groups in total. The van der Waals surface area contributed by atoms with E-state index in [1.54, 1.807) is 0 Å². The summed E-state index contributed by atoms with van der Waals surface area (Å²) in [6.45, 7) is 9.58. The third-order valence-electron chi connectivity index (χ3n) is 9.97. The molecule has 0 saturated carbocycles. The van der Waals surface area contributed by atoms with Crippen molar-refractivity contribution in [3.8, 4) is 39.5 Å². The maximum absolute atomic E-state index is 5.46. The number of rotatable bonds is 2. The molecule has 2 aliphatic rings. The fourth-order valence-corrected chi connectivity index (χ4v) is 10.7. The van der Waals surface area contributed by atoms with E-state index in [2.05, 4.69) is 147 Å². The Morgan fingerprint density at radius 3 is 2.14 bits per heavy atom. The van der Waals surface area contributed by atoms with E-state index in [0.717, 1.165) is 17.2 Å². The zero-order chi connectivity index (χ0) is 29.1. The molecule has 0 radical (unpaired) electrons. The van der Waals surface area contributed by atoms with E-state index < -0.39 is 8.07 Å². The monoisotopic (exact) mass is 569 g/mol. The van der Waals surface area contributed by atoms with Crippen LogP contribution >= 0.6 is 0 Å². The molecule has 4 heteroatoms. The number of para-hydroxylation sites is 1. The summed E-state index contributed by atoms with van der Waals surface area (Å²) in [7, 11) is -2.07. The van der Waals surface area contributed by atoms with Crippen LogP contribution in [0.4, 0.5) is 0 Å². The van der Waals surface area contributed by atoms with Gasteiger partial charge in [-0.1, -0.05) is 124 Å². The van der Waals surface area contributed by atoms with Crippen molar-refractivity contribution in [3.63, 3.8) is 0 Å². The van der Waals surface area contributed by atoms with E-state index in [0.29, 0.717) is 0 Å². The number of fused-ring (bicyclic) bond motifs is 9. The molecule has 1 aliphatic carbocycles. The molecule has 0 saturated heterocycles. The molecule has 0 bridgehead atoms. The van der Waals surface area contributed by atoms with Crippen LogP contribution in [0.25, 0.3) is 61.3 Å². The van der Waals surface area contributed by atoms with Crippen molar-refractivity contribution in [3.05, 3.63) is 126 Å². The highest BCUT2D eigenvalue weighted by atomic mass is 28.3. The Balaban J connectivity index is 1.45. The first-order chi connectivity index (χ1) is 20.9. The first-order valence-corrected chi connectivity index (χ1v) is 18.1. The molecule has 9 rings (SSSR count). The Morgan fingerprint density at radius 1 is 0.605 bits per heavy atom. The molecule has 206 valence electrons. The Labute approximate surface area is 252 Å². The molecular weight excluding hydrogens is 539 g/mol. The minimum absolute atomic E-state index is 0.0610. The van der Waals surface area contributed by atoms with Crippen molar-refractivity contribution in [1.82, 2.24) is 14.5 Å². The number of hydrogen-bond acceptors (Lipinski definition) is 2. The predicted molar refractivity (Wildman–Crippen MR) is 182 cm³/mol. The van der Waals surface area contributed by atoms with Crippen LogP contribution in [0.3, 0.4) is 0 Å². The molecule has 0 unspecified atom stereocenters. The van der Waals surface area contributed by atoms with E-state index in [9.17, 15) is 0 Å². The number of nitrogens with zero attached hydrogens (tertiary/aromatic N) is 3. The first-order valence-electron chi connectivity index (χ1n) is 15.1. The van der Waals surface area contributed by atoms with E-state index in [4.69, 9.17) is 9.97 Å². The van der Waals surface area contributed by atoms with Crippen molar-refractivity contribution in [2.24, 2.45) is 0 Å². The largest absolute Gasteiger partial charge is 0.293 e. The van der Waals surface area contributed by atoms with Crippen LogP contribution in [0.5, 0.6) is 0 Å². The van der Waals surface area contributed by atoms with Gasteiger partial charge in [-0.3, -0.25) is 4.57 Å². The predicted octanol–water partition coefficient (Wildman–Crippen LogP) is 8.35. The fourth-order valence-electron chi connectivity index (χ4n) is 7.79.